The Hall–Kier alpha value is -1.66. The van der Waals surface area contributed by atoms with Crippen molar-refractivity contribution < 1.29 is 19.4 Å². The number of aliphatic hydroxyl groups excluding tert-OH is 2. The van der Waals surface area contributed by atoms with Crippen LogP contribution in [-0.4, -0.2) is 22.2 Å². The van der Waals surface area contributed by atoms with E-state index in [0.29, 0.717) is 0 Å². The van der Waals surface area contributed by atoms with E-state index in [4.69, 9.17) is 11.5 Å². The van der Waals surface area contributed by atoms with Crippen LogP contribution in [0.25, 0.3) is 0 Å². The molecule has 16 heavy (non-hydrogen) atoms. The van der Waals surface area contributed by atoms with Crippen LogP contribution in [0.1, 0.15) is 18.1 Å². The van der Waals surface area contributed by atoms with Gasteiger partial charge >= 0.3 is 0 Å². The first kappa shape index (κ1) is 12.4. The molecule has 2 unspecified atom stereocenters. The van der Waals surface area contributed by atoms with Gasteiger partial charge in [-0.05, 0) is 12.1 Å². The van der Waals surface area contributed by atoms with Gasteiger partial charge in [0, 0.05) is 11.3 Å². The molecule has 1 amide bonds. The van der Waals surface area contributed by atoms with Gasteiger partial charge in [0.1, 0.15) is 11.9 Å². The molecule has 0 bridgehead atoms. The summed E-state index contributed by atoms with van der Waals surface area (Å²) in [6, 6.07) is 3.66. The Balaban J connectivity index is 2.87. The zero-order chi connectivity index (χ0) is 12.3. The van der Waals surface area contributed by atoms with Gasteiger partial charge in [-0.15, -0.1) is 0 Å². The summed E-state index contributed by atoms with van der Waals surface area (Å²) in [5.74, 6) is -1.52. The lowest BCUT2D eigenvalue weighted by Crippen LogP contribution is -2.26. The highest BCUT2D eigenvalue weighted by Crippen LogP contribution is 2.23. The topological polar surface area (TPSA) is 110 Å². The lowest BCUT2D eigenvalue weighted by molar-refractivity contribution is -0.121. The number of halogens is 1. The summed E-state index contributed by atoms with van der Waals surface area (Å²) in [7, 11) is 0. The fraction of sp³-hybridized carbons (Fsp3) is 0.300. The normalized spacial score (nSPS) is 14.4. The van der Waals surface area contributed by atoms with Crippen LogP contribution >= 0.6 is 0 Å². The third-order valence-electron chi connectivity index (χ3n) is 2.12. The molecule has 0 heterocycles. The fourth-order valence-electron chi connectivity index (χ4n) is 1.31. The van der Waals surface area contributed by atoms with Gasteiger partial charge in [-0.25, -0.2) is 4.39 Å². The maximum absolute atomic E-state index is 13.3. The van der Waals surface area contributed by atoms with Gasteiger partial charge in [-0.2, -0.15) is 0 Å². The van der Waals surface area contributed by atoms with E-state index in [9.17, 15) is 19.4 Å². The molecule has 2 atom stereocenters. The van der Waals surface area contributed by atoms with E-state index in [1.54, 1.807) is 0 Å². The van der Waals surface area contributed by atoms with Crippen molar-refractivity contribution in [3.8, 4) is 0 Å². The van der Waals surface area contributed by atoms with Crippen molar-refractivity contribution >= 4 is 11.6 Å². The van der Waals surface area contributed by atoms with E-state index >= 15 is 0 Å². The van der Waals surface area contributed by atoms with Gasteiger partial charge in [0.15, 0.2) is 0 Å². The minimum atomic E-state index is -1.51. The molecule has 0 saturated heterocycles. The zero-order valence-electron chi connectivity index (χ0n) is 8.43. The van der Waals surface area contributed by atoms with Crippen LogP contribution in [0.15, 0.2) is 18.2 Å². The molecule has 0 aliphatic carbocycles. The Bertz CT molecular complexity index is 398. The summed E-state index contributed by atoms with van der Waals surface area (Å²) in [6.07, 6.45) is -3.38. The second kappa shape index (κ2) is 4.91. The second-order valence-electron chi connectivity index (χ2n) is 3.46. The molecule has 5 nitrogen and oxygen atoms in total. The van der Waals surface area contributed by atoms with Crippen LogP contribution in [0.2, 0.25) is 0 Å². The fourth-order valence-corrected chi connectivity index (χ4v) is 1.31. The molecule has 6 heteroatoms. The van der Waals surface area contributed by atoms with Crippen molar-refractivity contribution in [2.24, 2.45) is 5.73 Å². The Labute approximate surface area is 91.5 Å². The van der Waals surface area contributed by atoms with E-state index in [1.807, 2.05) is 0 Å². The molecule has 0 saturated carbocycles. The number of primary amides is 1. The van der Waals surface area contributed by atoms with Crippen LogP contribution in [0, 0.1) is 5.82 Å². The summed E-state index contributed by atoms with van der Waals surface area (Å²) in [6.45, 7) is 0. The smallest absolute Gasteiger partial charge is 0.220 e. The molecule has 1 rings (SSSR count). The molecule has 0 aliphatic heterocycles. The number of nitrogen functional groups attached to an aromatic ring is 1. The number of carbonyl (C=O) groups excluding carboxylic acids is 1. The maximum Gasteiger partial charge on any atom is 0.220 e. The first-order valence-electron chi connectivity index (χ1n) is 4.61. The van der Waals surface area contributed by atoms with Crippen LogP contribution in [0.4, 0.5) is 10.1 Å². The molecule has 1 aromatic rings. The number of benzene rings is 1. The number of rotatable bonds is 4. The van der Waals surface area contributed by atoms with Crippen molar-refractivity contribution in [2.75, 3.05) is 5.73 Å². The van der Waals surface area contributed by atoms with Crippen molar-refractivity contribution in [1.29, 1.82) is 0 Å². The Morgan fingerprint density at radius 3 is 2.56 bits per heavy atom. The molecule has 0 aromatic heterocycles. The molecule has 0 radical (unpaired) electrons. The average Bonchev–Trinajstić information content (AvgIpc) is 2.15. The Morgan fingerprint density at radius 1 is 1.44 bits per heavy atom. The second-order valence-corrected chi connectivity index (χ2v) is 3.46. The Morgan fingerprint density at radius 2 is 2.06 bits per heavy atom. The lowest BCUT2D eigenvalue weighted by atomic mass is 10.0. The molecule has 6 N–H and O–H groups in total. The average molecular weight is 228 g/mol. The quantitative estimate of drug-likeness (QED) is 0.529. The summed E-state index contributed by atoms with van der Waals surface area (Å²) >= 11 is 0. The molecule has 0 fully saturated rings. The molecule has 0 spiro atoms. The van der Waals surface area contributed by atoms with Crippen molar-refractivity contribution in [3.05, 3.63) is 29.6 Å². The van der Waals surface area contributed by atoms with Gasteiger partial charge in [0.25, 0.3) is 0 Å². The van der Waals surface area contributed by atoms with Gasteiger partial charge < -0.3 is 21.7 Å². The molecule has 88 valence electrons. The van der Waals surface area contributed by atoms with Crippen molar-refractivity contribution in [2.45, 2.75) is 18.6 Å². The van der Waals surface area contributed by atoms with Gasteiger partial charge in [0.2, 0.25) is 5.91 Å². The van der Waals surface area contributed by atoms with Crippen LogP contribution < -0.4 is 11.5 Å². The molecule has 0 aliphatic rings. The third kappa shape index (κ3) is 2.91. The standard InChI is InChI=1S/C10H13FN2O3/c11-7-3-5(12)1-2-6(7)10(16)8(14)4-9(13)15/h1-3,8,10,14,16H,4,12H2,(H2,13,15). The minimum Gasteiger partial charge on any atom is -0.399 e. The first-order valence-corrected chi connectivity index (χ1v) is 4.61. The zero-order valence-corrected chi connectivity index (χ0v) is 8.43. The van der Waals surface area contributed by atoms with E-state index in [0.717, 1.165) is 6.07 Å². The minimum absolute atomic E-state index is 0.122. The van der Waals surface area contributed by atoms with E-state index in [-0.39, 0.29) is 11.3 Å². The monoisotopic (exact) mass is 228 g/mol. The number of carbonyl (C=O) groups is 1. The van der Waals surface area contributed by atoms with Gasteiger partial charge in [0.05, 0.1) is 12.5 Å². The number of anilines is 1. The highest BCUT2D eigenvalue weighted by atomic mass is 19.1. The van der Waals surface area contributed by atoms with E-state index < -0.39 is 30.4 Å². The van der Waals surface area contributed by atoms with Gasteiger partial charge in [-0.1, -0.05) is 6.07 Å². The van der Waals surface area contributed by atoms with Crippen LogP contribution in [0.5, 0.6) is 0 Å². The molecular weight excluding hydrogens is 215 g/mol. The third-order valence-corrected chi connectivity index (χ3v) is 2.12. The summed E-state index contributed by atoms with van der Waals surface area (Å²) in [4.78, 5) is 10.5. The van der Waals surface area contributed by atoms with E-state index in [1.165, 1.54) is 12.1 Å². The highest BCUT2D eigenvalue weighted by Gasteiger charge is 2.22. The summed E-state index contributed by atoms with van der Waals surface area (Å²) in [5.41, 5.74) is 10.3. The van der Waals surface area contributed by atoms with E-state index in [2.05, 4.69) is 0 Å². The molecular formula is C10H13FN2O3. The van der Waals surface area contributed by atoms with Crippen LogP contribution in [-0.2, 0) is 4.79 Å². The number of hydrogen-bond acceptors (Lipinski definition) is 4. The predicted molar refractivity (Wildman–Crippen MR) is 55.6 cm³/mol. The van der Waals surface area contributed by atoms with Crippen molar-refractivity contribution in [1.82, 2.24) is 0 Å². The SMILES string of the molecule is NC(=O)CC(O)C(O)c1ccc(N)cc1F. The maximum atomic E-state index is 13.3. The molecule has 1 aromatic carbocycles. The largest absolute Gasteiger partial charge is 0.399 e. The van der Waals surface area contributed by atoms with Crippen LogP contribution in [0.3, 0.4) is 0 Å². The number of nitrogens with two attached hydrogens (primary N) is 2. The van der Waals surface area contributed by atoms with Gasteiger partial charge in [-0.3, -0.25) is 4.79 Å². The summed E-state index contributed by atoms with van der Waals surface area (Å²) < 4.78 is 13.3. The van der Waals surface area contributed by atoms with Crippen molar-refractivity contribution in [3.63, 3.8) is 0 Å². The number of hydrogen-bond donors (Lipinski definition) is 4. The predicted octanol–water partition coefficient (Wildman–Crippen LogP) is -0.322. The number of aliphatic hydroxyl groups is 2. The summed E-state index contributed by atoms with van der Waals surface area (Å²) in [5, 5.41) is 19.0. The Kier molecular flexibility index (Phi) is 3.81. The lowest BCUT2D eigenvalue weighted by Gasteiger charge is -2.17. The highest BCUT2D eigenvalue weighted by molar-refractivity contribution is 5.74. The first-order chi connectivity index (χ1) is 7.41. The number of amides is 1.